The van der Waals surface area contributed by atoms with Gasteiger partial charge in [-0.3, -0.25) is 9.59 Å². The standard InChI is InChI=1S/C13H16BrN3O2/c1-8(18)16-10-4-5-17(7-10)13(19)9-2-3-12(15)11(14)6-9/h2-3,6,10H,4-5,7,15H2,1H3,(H,16,18). The largest absolute Gasteiger partial charge is 0.398 e. The summed E-state index contributed by atoms with van der Waals surface area (Å²) in [5.41, 5.74) is 6.91. The molecule has 2 amide bonds. The van der Waals surface area contributed by atoms with Crippen LogP contribution in [0.25, 0.3) is 0 Å². The molecule has 102 valence electrons. The number of nitrogen functional groups attached to an aromatic ring is 1. The highest BCUT2D eigenvalue weighted by molar-refractivity contribution is 9.10. The van der Waals surface area contributed by atoms with Crippen LogP contribution in [0.3, 0.4) is 0 Å². The first-order valence-electron chi connectivity index (χ1n) is 6.09. The molecule has 1 unspecified atom stereocenters. The van der Waals surface area contributed by atoms with Crippen molar-refractivity contribution in [2.75, 3.05) is 18.8 Å². The molecule has 0 radical (unpaired) electrons. The summed E-state index contributed by atoms with van der Waals surface area (Å²) in [6, 6.07) is 5.20. The Labute approximate surface area is 120 Å². The van der Waals surface area contributed by atoms with Crippen molar-refractivity contribution in [3.05, 3.63) is 28.2 Å². The van der Waals surface area contributed by atoms with Gasteiger partial charge in [-0.15, -0.1) is 0 Å². The zero-order valence-corrected chi connectivity index (χ0v) is 12.2. The summed E-state index contributed by atoms with van der Waals surface area (Å²) in [7, 11) is 0. The van der Waals surface area contributed by atoms with Crippen molar-refractivity contribution in [1.82, 2.24) is 10.2 Å². The van der Waals surface area contributed by atoms with E-state index in [2.05, 4.69) is 21.2 Å². The fourth-order valence-corrected chi connectivity index (χ4v) is 2.57. The second-order valence-electron chi connectivity index (χ2n) is 4.67. The molecular weight excluding hydrogens is 310 g/mol. The molecule has 1 aromatic rings. The molecule has 6 heteroatoms. The molecule has 1 aliphatic heterocycles. The minimum Gasteiger partial charge on any atom is -0.398 e. The number of nitrogens with zero attached hydrogens (tertiary/aromatic N) is 1. The molecule has 5 nitrogen and oxygen atoms in total. The van der Waals surface area contributed by atoms with E-state index in [1.165, 1.54) is 6.92 Å². The molecular formula is C13H16BrN3O2. The summed E-state index contributed by atoms with van der Waals surface area (Å²) in [6.07, 6.45) is 0.793. The van der Waals surface area contributed by atoms with Crippen molar-refractivity contribution in [2.45, 2.75) is 19.4 Å². The number of carbonyl (C=O) groups is 2. The van der Waals surface area contributed by atoms with Crippen molar-refractivity contribution >= 4 is 33.4 Å². The van der Waals surface area contributed by atoms with E-state index in [1.807, 2.05) is 0 Å². The fraction of sp³-hybridized carbons (Fsp3) is 0.385. The predicted octanol–water partition coefficient (Wildman–Crippen LogP) is 1.38. The number of hydrogen-bond acceptors (Lipinski definition) is 3. The Morgan fingerprint density at radius 1 is 1.47 bits per heavy atom. The molecule has 0 aliphatic carbocycles. The normalized spacial score (nSPS) is 18.4. The Bertz CT molecular complexity index is 519. The lowest BCUT2D eigenvalue weighted by atomic mass is 10.2. The molecule has 1 heterocycles. The number of halogens is 1. The van der Waals surface area contributed by atoms with E-state index >= 15 is 0 Å². The number of anilines is 1. The second-order valence-corrected chi connectivity index (χ2v) is 5.53. The highest BCUT2D eigenvalue weighted by Gasteiger charge is 2.27. The van der Waals surface area contributed by atoms with Crippen LogP contribution < -0.4 is 11.1 Å². The first kappa shape index (κ1) is 13.9. The van der Waals surface area contributed by atoms with Gasteiger partial charge in [0.05, 0.1) is 0 Å². The van der Waals surface area contributed by atoms with Gasteiger partial charge in [0.2, 0.25) is 5.91 Å². The van der Waals surface area contributed by atoms with E-state index in [-0.39, 0.29) is 17.9 Å². The zero-order chi connectivity index (χ0) is 14.0. The minimum atomic E-state index is -0.0606. The number of nitrogens with two attached hydrogens (primary N) is 1. The number of nitrogens with one attached hydrogen (secondary N) is 1. The Hall–Kier alpha value is -1.56. The maximum Gasteiger partial charge on any atom is 0.253 e. The monoisotopic (exact) mass is 325 g/mol. The van der Waals surface area contributed by atoms with Crippen molar-refractivity contribution in [1.29, 1.82) is 0 Å². The van der Waals surface area contributed by atoms with Crippen LogP contribution in [-0.4, -0.2) is 35.8 Å². The van der Waals surface area contributed by atoms with Crippen LogP contribution in [0.2, 0.25) is 0 Å². The molecule has 19 heavy (non-hydrogen) atoms. The predicted molar refractivity (Wildman–Crippen MR) is 76.7 cm³/mol. The second kappa shape index (κ2) is 5.61. The van der Waals surface area contributed by atoms with Gasteiger partial charge < -0.3 is 16.0 Å². The van der Waals surface area contributed by atoms with Crippen LogP contribution in [-0.2, 0) is 4.79 Å². The molecule has 1 aliphatic rings. The third-order valence-corrected chi connectivity index (χ3v) is 3.82. The van der Waals surface area contributed by atoms with Crippen LogP contribution in [0.4, 0.5) is 5.69 Å². The molecule has 1 fully saturated rings. The lowest BCUT2D eigenvalue weighted by molar-refractivity contribution is -0.119. The summed E-state index contributed by atoms with van der Waals surface area (Å²) < 4.78 is 0.718. The van der Waals surface area contributed by atoms with Crippen molar-refractivity contribution in [3.8, 4) is 0 Å². The van der Waals surface area contributed by atoms with Gasteiger partial charge in [-0.2, -0.15) is 0 Å². The smallest absolute Gasteiger partial charge is 0.253 e. The summed E-state index contributed by atoms with van der Waals surface area (Å²) in [6.45, 7) is 2.70. The summed E-state index contributed by atoms with van der Waals surface area (Å²) in [5.74, 6) is -0.0944. The van der Waals surface area contributed by atoms with Gasteiger partial charge in [-0.1, -0.05) is 0 Å². The van der Waals surface area contributed by atoms with Crippen LogP contribution in [0.1, 0.15) is 23.7 Å². The molecule has 1 aromatic carbocycles. The average Bonchev–Trinajstić information content (AvgIpc) is 2.79. The van der Waals surface area contributed by atoms with Gasteiger partial charge in [0.25, 0.3) is 5.91 Å². The Balaban J connectivity index is 2.04. The highest BCUT2D eigenvalue weighted by atomic mass is 79.9. The first-order chi connectivity index (χ1) is 8.97. The van der Waals surface area contributed by atoms with E-state index in [4.69, 9.17) is 5.73 Å². The number of rotatable bonds is 2. The number of benzene rings is 1. The van der Waals surface area contributed by atoms with E-state index in [1.54, 1.807) is 23.1 Å². The van der Waals surface area contributed by atoms with Crippen molar-refractivity contribution in [3.63, 3.8) is 0 Å². The van der Waals surface area contributed by atoms with Gasteiger partial charge >= 0.3 is 0 Å². The number of likely N-dealkylation sites (tertiary alicyclic amines) is 1. The SMILES string of the molecule is CC(=O)NC1CCN(C(=O)c2ccc(N)c(Br)c2)C1. The number of carbonyl (C=O) groups excluding carboxylic acids is 2. The molecule has 3 N–H and O–H groups in total. The van der Waals surface area contributed by atoms with Gasteiger partial charge in [0.15, 0.2) is 0 Å². The average molecular weight is 326 g/mol. The molecule has 0 bridgehead atoms. The van der Waals surface area contributed by atoms with Crippen molar-refractivity contribution in [2.24, 2.45) is 0 Å². The summed E-state index contributed by atoms with van der Waals surface area (Å²) >= 11 is 3.31. The molecule has 0 aromatic heterocycles. The number of hydrogen-bond donors (Lipinski definition) is 2. The molecule has 2 rings (SSSR count). The maximum absolute atomic E-state index is 12.3. The van der Waals surface area contributed by atoms with Gasteiger partial charge in [-0.25, -0.2) is 0 Å². The quantitative estimate of drug-likeness (QED) is 0.807. The van der Waals surface area contributed by atoms with Crippen LogP contribution >= 0.6 is 15.9 Å². The summed E-state index contributed by atoms with van der Waals surface area (Å²) in [5, 5.41) is 2.84. The Morgan fingerprint density at radius 3 is 2.84 bits per heavy atom. The Kier molecular flexibility index (Phi) is 4.09. The third-order valence-electron chi connectivity index (χ3n) is 3.13. The lowest BCUT2D eigenvalue weighted by Crippen LogP contribution is -2.37. The third kappa shape index (κ3) is 3.26. The first-order valence-corrected chi connectivity index (χ1v) is 6.88. The highest BCUT2D eigenvalue weighted by Crippen LogP contribution is 2.22. The summed E-state index contributed by atoms with van der Waals surface area (Å²) in [4.78, 5) is 25.0. The lowest BCUT2D eigenvalue weighted by Gasteiger charge is -2.17. The zero-order valence-electron chi connectivity index (χ0n) is 10.6. The van der Waals surface area contributed by atoms with Crippen LogP contribution in [0, 0.1) is 0 Å². The van der Waals surface area contributed by atoms with Crippen molar-refractivity contribution < 1.29 is 9.59 Å². The maximum atomic E-state index is 12.3. The Morgan fingerprint density at radius 2 is 2.21 bits per heavy atom. The fourth-order valence-electron chi connectivity index (χ4n) is 2.19. The number of amides is 2. The molecule has 1 saturated heterocycles. The van der Waals surface area contributed by atoms with E-state index < -0.39 is 0 Å². The van der Waals surface area contributed by atoms with Gasteiger partial charge in [0.1, 0.15) is 0 Å². The van der Waals surface area contributed by atoms with E-state index in [0.29, 0.717) is 24.3 Å². The van der Waals surface area contributed by atoms with Gasteiger partial charge in [-0.05, 0) is 40.5 Å². The van der Waals surface area contributed by atoms with Gasteiger partial charge in [0, 0.05) is 41.8 Å². The molecule has 0 spiro atoms. The van der Waals surface area contributed by atoms with E-state index in [0.717, 1.165) is 10.9 Å². The molecule has 0 saturated carbocycles. The topological polar surface area (TPSA) is 75.4 Å². The van der Waals surface area contributed by atoms with E-state index in [9.17, 15) is 9.59 Å². The molecule has 1 atom stereocenters. The van der Waals surface area contributed by atoms with Crippen LogP contribution in [0.15, 0.2) is 22.7 Å². The minimum absolute atomic E-state index is 0.0337. The van der Waals surface area contributed by atoms with Crippen LogP contribution in [0.5, 0.6) is 0 Å².